The van der Waals surface area contributed by atoms with Crippen LogP contribution in [0.5, 0.6) is 5.88 Å². The fourth-order valence-electron chi connectivity index (χ4n) is 2.59. The van der Waals surface area contributed by atoms with Crippen LogP contribution in [0, 0.1) is 5.92 Å². The second-order valence-electron chi connectivity index (χ2n) is 4.80. The molecule has 1 aromatic heterocycles. The van der Waals surface area contributed by atoms with E-state index in [1.165, 1.54) is 6.42 Å². The van der Waals surface area contributed by atoms with Crippen molar-refractivity contribution in [2.45, 2.75) is 44.6 Å². The van der Waals surface area contributed by atoms with Gasteiger partial charge in [-0.2, -0.15) is 0 Å². The lowest BCUT2D eigenvalue weighted by Crippen LogP contribution is -2.33. The van der Waals surface area contributed by atoms with Gasteiger partial charge in [-0.05, 0) is 31.6 Å². The predicted molar refractivity (Wildman–Crippen MR) is 64.7 cm³/mol. The highest BCUT2D eigenvalue weighted by atomic mass is 16.5. The third kappa shape index (κ3) is 2.41. The van der Waals surface area contributed by atoms with Crippen molar-refractivity contribution < 1.29 is 9.84 Å². The first-order chi connectivity index (χ1) is 8.19. The lowest BCUT2D eigenvalue weighted by Gasteiger charge is -2.35. The van der Waals surface area contributed by atoms with Crippen molar-refractivity contribution in [3.63, 3.8) is 0 Å². The van der Waals surface area contributed by atoms with Crippen LogP contribution >= 0.6 is 0 Å². The van der Waals surface area contributed by atoms with E-state index in [-0.39, 0.29) is 0 Å². The van der Waals surface area contributed by atoms with Gasteiger partial charge >= 0.3 is 0 Å². The lowest BCUT2D eigenvalue weighted by atomic mass is 9.76. The van der Waals surface area contributed by atoms with Crippen LogP contribution in [-0.2, 0) is 5.60 Å². The van der Waals surface area contributed by atoms with E-state index in [4.69, 9.17) is 4.74 Å². The summed E-state index contributed by atoms with van der Waals surface area (Å²) in [7, 11) is 1.56. The van der Waals surface area contributed by atoms with Crippen LogP contribution in [0.3, 0.4) is 0 Å². The molecule has 1 aliphatic rings. The molecule has 1 heterocycles. The van der Waals surface area contributed by atoms with Crippen LogP contribution in [0.25, 0.3) is 0 Å². The maximum absolute atomic E-state index is 10.7. The summed E-state index contributed by atoms with van der Waals surface area (Å²) in [6, 6.07) is 0. The third-order valence-electron chi connectivity index (χ3n) is 3.81. The predicted octanol–water partition coefficient (Wildman–Crippen LogP) is 2.27. The van der Waals surface area contributed by atoms with Gasteiger partial charge in [-0.25, -0.2) is 4.98 Å². The minimum atomic E-state index is -0.856. The number of rotatable bonds is 3. The molecule has 0 spiro atoms. The molecule has 0 saturated heterocycles. The van der Waals surface area contributed by atoms with Crippen LogP contribution in [-0.4, -0.2) is 22.2 Å². The first-order valence-electron chi connectivity index (χ1n) is 6.27. The van der Waals surface area contributed by atoms with Crippen molar-refractivity contribution in [1.82, 2.24) is 9.97 Å². The van der Waals surface area contributed by atoms with Crippen molar-refractivity contribution in [3.05, 3.63) is 18.1 Å². The average Bonchev–Trinajstić information content (AvgIpc) is 2.39. The van der Waals surface area contributed by atoms with Crippen molar-refractivity contribution in [1.29, 1.82) is 0 Å². The molecule has 0 bridgehead atoms. The van der Waals surface area contributed by atoms with Crippen molar-refractivity contribution in [2.24, 2.45) is 5.92 Å². The Morgan fingerprint density at radius 1 is 1.35 bits per heavy atom. The van der Waals surface area contributed by atoms with E-state index in [0.717, 1.165) is 31.6 Å². The number of aromatic nitrogens is 2. The summed E-state index contributed by atoms with van der Waals surface area (Å²) < 4.78 is 5.18. The van der Waals surface area contributed by atoms with E-state index < -0.39 is 5.60 Å². The Balaban J connectivity index is 2.21. The summed E-state index contributed by atoms with van der Waals surface area (Å²) in [6.07, 6.45) is 7.99. The summed E-state index contributed by atoms with van der Waals surface area (Å²) >= 11 is 0. The zero-order valence-electron chi connectivity index (χ0n) is 10.5. The maximum atomic E-state index is 10.7. The second kappa shape index (κ2) is 5.00. The molecule has 4 nitrogen and oxygen atoms in total. The monoisotopic (exact) mass is 236 g/mol. The molecule has 1 saturated carbocycles. The Morgan fingerprint density at radius 3 is 2.59 bits per heavy atom. The van der Waals surface area contributed by atoms with Crippen LogP contribution in [0.4, 0.5) is 0 Å². The van der Waals surface area contributed by atoms with Gasteiger partial charge in [0.05, 0.1) is 7.11 Å². The zero-order chi connectivity index (χ0) is 12.3. The second-order valence-corrected chi connectivity index (χ2v) is 4.80. The normalized spacial score (nSPS) is 29.0. The van der Waals surface area contributed by atoms with Crippen LogP contribution in [0.2, 0.25) is 0 Å². The third-order valence-corrected chi connectivity index (χ3v) is 3.81. The van der Waals surface area contributed by atoms with E-state index in [9.17, 15) is 5.11 Å². The molecule has 1 aromatic rings. The first kappa shape index (κ1) is 12.3. The zero-order valence-corrected chi connectivity index (χ0v) is 10.5. The molecule has 1 fully saturated rings. The van der Waals surface area contributed by atoms with Gasteiger partial charge in [-0.1, -0.05) is 13.3 Å². The fourth-order valence-corrected chi connectivity index (χ4v) is 2.59. The number of aliphatic hydroxyl groups is 1. The highest BCUT2D eigenvalue weighted by Gasteiger charge is 2.38. The number of methoxy groups -OCH3 is 1. The number of ether oxygens (including phenoxy) is 1. The van der Waals surface area contributed by atoms with E-state index >= 15 is 0 Å². The SMILES string of the molecule is CCC1CCC(O)(c2nccnc2OC)CC1. The highest BCUT2D eigenvalue weighted by Crippen LogP contribution is 2.41. The molecule has 0 atom stereocenters. The van der Waals surface area contributed by atoms with Crippen LogP contribution in [0.1, 0.15) is 44.7 Å². The summed E-state index contributed by atoms with van der Waals surface area (Å²) in [5.74, 6) is 1.18. The highest BCUT2D eigenvalue weighted by molar-refractivity contribution is 5.24. The standard InChI is InChI=1S/C13H20N2O2/c1-3-10-4-6-13(16,7-5-10)11-12(17-2)15-9-8-14-11/h8-10,16H,3-7H2,1-2H3. The molecule has 0 radical (unpaired) electrons. The van der Waals surface area contributed by atoms with E-state index in [1.54, 1.807) is 19.5 Å². The Labute approximate surface area is 102 Å². The molecular formula is C13H20N2O2. The first-order valence-corrected chi connectivity index (χ1v) is 6.27. The van der Waals surface area contributed by atoms with Gasteiger partial charge in [0, 0.05) is 12.4 Å². The Kier molecular flexibility index (Phi) is 3.62. The van der Waals surface area contributed by atoms with Crippen molar-refractivity contribution in [2.75, 3.05) is 7.11 Å². The van der Waals surface area contributed by atoms with Gasteiger partial charge in [0.25, 0.3) is 0 Å². The molecule has 4 heteroatoms. The minimum absolute atomic E-state index is 0.449. The quantitative estimate of drug-likeness (QED) is 0.874. The Hall–Kier alpha value is -1.16. The molecule has 17 heavy (non-hydrogen) atoms. The average molecular weight is 236 g/mol. The molecule has 94 valence electrons. The fraction of sp³-hybridized carbons (Fsp3) is 0.692. The topological polar surface area (TPSA) is 55.2 Å². The Bertz CT molecular complexity index is 373. The largest absolute Gasteiger partial charge is 0.480 e. The number of nitrogens with zero attached hydrogens (tertiary/aromatic N) is 2. The molecule has 0 aromatic carbocycles. The van der Waals surface area contributed by atoms with Crippen LogP contribution < -0.4 is 4.74 Å². The lowest BCUT2D eigenvalue weighted by molar-refractivity contribution is -0.0207. The molecular weight excluding hydrogens is 216 g/mol. The minimum Gasteiger partial charge on any atom is -0.480 e. The van der Waals surface area contributed by atoms with Crippen molar-refractivity contribution in [3.8, 4) is 5.88 Å². The maximum Gasteiger partial charge on any atom is 0.238 e. The molecule has 1 aliphatic carbocycles. The van der Waals surface area contributed by atoms with Gasteiger partial charge in [0.15, 0.2) is 0 Å². The number of hydrogen-bond acceptors (Lipinski definition) is 4. The summed E-state index contributed by atoms with van der Waals surface area (Å²) in [5.41, 5.74) is -0.261. The van der Waals surface area contributed by atoms with Gasteiger partial charge in [-0.3, -0.25) is 4.98 Å². The molecule has 0 amide bonds. The molecule has 0 unspecified atom stereocenters. The van der Waals surface area contributed by atoms with Gasteiger partial charge in [-0.15, -0.1) is 0 Å². The van der Waals surface area contributed by atoms with E-state index in [2.05, 4.69) is 16.9 Å². The summed E-state index contributed by atoms with van der Waals surface area (Å²) in [5, 5.41) is 10.7. The van der Waals surface area contributed by atoms with Gasteiger partial charge in [0.1, 0.15) is 11.3 Å². The van der Waals surface area contributed by atoms with E-state index in [0.29, 0.717) is 11.6 Å². The van der Waals surface area contributed by atoms with Gasteiger partial charge in [0.2, 0.25) is 5.88 Å². The molecule has 0 aliphatic heterocycles. The summed E-state index contributed by atoms with van der Waals surface area (Å²) in [4.78, 5) is 8.37. The van der Waals surface area contributed by atoms with Crippen molar-refractivity contribution >= 4 is 0 Å². The van der Waals surface area contributed by atoms with Gasteiger partial charge < -0.3 is 9.84 Å². The summed E-state index contributed by atoms with van der Waals surface area (Å²) in [6.45, 7) is 2.21. The smallest absolute Gasteiger partial charge is 0.238 e. The molecule has 2 rings (SSSR count). The Morgan fingerprint density at radius 2 is 2.00 bits per heavy atom. The number of hydrogen-bond donors (Lipinski definition) is 1. The molecule has 1 N–H and O–H groups in total. The van der Waals surface area contributed by atoms with E-state index in [1.807, 2.05) is 0 Å². The van der Waals surface area contributed by atoms with Crippen LogP contribution in [0.15, 0.2) is 12.4 Å².